The number of aromatic nitrogens is 2. The normalized spacial score (nSPS) is 15.6. The first-order chi connectivity index (χ1) is 12.7. The number of fused-ring (bicyclic) bond motifs is 1. The standard InChI is InChI=1S/C21H20N4O/c1-15-11-17-6-2-3-7-20(17)25(15)18-8-9-19(23-14-18)21(26)24-13-16-5-4-10-22-12-16/h2-10,12,14-15H,11,13H2,1H3,(H,24,26). The molecule has 1 N–H and O–H groups in total. The lowest BCUT2D eigenvalue weighted by Gasteiger charge is -2.24. The number of pyridine rings is 2. The van der Waals surface area contributed by atoms with E-state index in [4.69, 9.17) is 0 Å². The molecule has 0 fully saturated rings. The van der Waals surface area contributed by atoms with Crippen molar-refractivity contribution >= 4 is 17.3 Å². The summed E-state index contributed by atoms with van der Waals surface area (Å²) in [5.41, 5.74) is 4.94. The molecule has 130 valence electrons. The van der Waals surface area contributed by atoms with Crippen molar-refractivity contribution < 1.29 is 4.79 Å². The second-order valence-electron chi connectivity index (χ2n) is 6.50. The van der Waals surface area contributed by atoms with Gasteiger partial charge in [-0.3, -0.25) is 9.78 Å². The Hall–Kier alpha value is -3.21. The van der Waals surface area contributed by atoms with E-state index in [1.54, 1.807) is 24.7 Å². The number of carbonyl (C=O) groups excluding carboxylic acids is 1. The van der Waals surface area contributed by atoms with E-state index in [-0.39, 0.29) is 5.91 Å². The molecule has 0 spiro atoms. The summed E-state index contributed by atoms with van der Waals surface area (Å²) in [6.45, 7) is 2.64. The quantitative estimate of drug-likeness (QED) is 0.787. The topological polar surface area (TPSA) is 58.1 Å². The van der Waals surface area contributed by atoms with Crippen LogP contribution in [0.2, 0.25) is 0 Å². The van der Waals surface area contributed by atoms with Crippen molar-refractivity contribution in [2.24, 2.45) is 0 Å². The van der Waals surface area contributed by atoms with Gasteiger partial charge in [-0.05, 0) is 48.7 Å². The van der Waals surface area contributed by atoms with Crippen molar-refractivity contribution in [1.82, 2.24) is 15.3 Å². The van der Waals surface area contributed by atoms with Crippen LogP contribution in [-0.4, -0.2) is 21.9 Å². The zero-order valence-electron chi connectivity index (χ0n) is 14.6. The number of carbonyl (C=O) groups is 1. The first-order valence-electron chi connectivity index (χ1n) is 8.72. The third-order valence-electron chi connectivity index (χ3n) is 4.64. The van der Waals surface area contributed by atoms with Gasteiger partial charge in [-0.25, -0.2) is 4.98 Å². The summed E-state index contributed by atoms with van der Waals surface area (Å²) >= 11 is 0. The maximum atomic E-state index is 12.3. The molecular weight excluding hydrogens is 324 g/mol. The lowest BCUT2D eigenvalue weighted by Crippen LogP contribution is -2.25. The van der Waals surface area contributed by atoms with Crippen LogP contribution in [0, 0.1) is 0 Å². The van der Waals surface area contributed by atoms with Crippen LogP contribution >= 0.6 is 0 Å². The number of hydrogen-bond donors (Lipinski definition) is 1. The number of benzene rings is 1. The number of hydrogen-bond acceptors (Lipinski definition) is 4. The van der Waals surface area contributed by atoms with Gasteiger partial charge in [0.15, 0.2) is 0 Å². The molecule has 0 saturated carbocycles. The molecule has 0 aliphatic carbocycles. The smallest absolute Gasteiger partial charge is 0.270 e. The highest BCUT2D eigenvalue weighted by atomic mass is 16.1. The van der Waals surface area contributed by atoms with E-state index >= 15 is 0 Å². The third-order valence-corrected chi connectivity index (χ3v) is 4.64. The molecule has 1 aliphatic rings. The van der Waals surface area contributed by atoms with Crippen molar-refractivity contribution in [2.75, 3.05) is 4.90 Å². The second kappa shape index (κ2) is 6.96. The average Bonchev–Trinajstić information content (AvgIpc) is 3.03. The molecule has 26 heavy (non-hydrogen) atoms. The number of nitrogens with one attached hydrogen (secondary N) is 1. The van der Waals surface area contributed by atoms with Gasteiger partial charge in [-0.2, -0.15) is 0 Å². The summed E-state index contributed by atoms with van der Waals surface area (Å²) in [4.78, 5) is 23.0. The molecule has 1 unspecified atom stereocenters. The first-order valence-corrected chi connectivity index (χ1v) is 8.72. The molecule has 3 heterocycles. The minimum Gasteiger partial charge on any atom is -0.347 e. The number of anilines is 2. The van der Waals surface area contributed by atoms with Crippen molar-refractivity contribution in [2.45, 2.75) is 25.9 Å². The number of para-hydroxylation sites is 1. The van der Waals surface area contributed by atoms with Gasteiger partial charge in [-0.1, -0.05) is 24.3 Å². The summed E-state index contributed by atoms with van der Waals surface area (Å²) in [6.07, 6.45) is 6.24. The molecule has 1 aromatic carbocycles. The highest BCUT2D eigenvalue weighted by Gasteiger charge is 2.27. The molecule has 1 amide bonds. The van der Waals surface area contributed by atoms with Gasteiger partial charge < -0.3 is 10.2 Å². The summed E-state index contributed by atoms with van der Waals surface area (Å²) in [5, 5.41) is 2.87. The molecule has 1 aliphatic heterocycles. The average molecular weight is 344 g/mol. The van der Waals surface area contributed by atoms with E-state index in [2.05, 4.69) is 51.4 Å². The lowest BCUT2D eigenvalue weighted by molar-refractivity contribution is 0.0946. The summed E-state index contributed by atoms with van der Waals surface area (Å²) in [6, 6.07) is 16.3. The van der Waals surface area contributed by atoms with Crippen LogP contribution in [0.1, 0.15) is 28.5 Å². The third kappa shape index (κ3) is 3.16. The van der Waals surface area contributed by atoms with Crippen LogP contribution in [-0.2, 0) is 13.0 Å². The molecule has 3 aromatic rings. The van der Waals surface area contributed by atoms with Gasteiger partial charge in [-0.15, -0.1) is 0 Å². The fraction of sp³-hybridized carbons (Fsp3) is 0.190. The molecule has 0 saturated heterocycles. The number of amides is 1. The second-order valence-corrected chi connectivity index (χ2v) is 6.50. The highest BCUT2D eigenvalue weighted by molar-refractivity contribution is 5.92. The minimum atomic E-state index is -0.185. The van der Waals surface area contributed by atoms with E-state index < -0.39 is 0 Å². The van der Waals surface area contributed by atoms with E-state index in [0.717, 1.165) is 17.7 Å². The van der Waals surface area contributed by atoms with E-state index in [1.807, 2.05) is 18.2 Å². The molecule has 4 rings (SSSR count). The van der Waals surface area contributed by atoms with Crippen LogP contribution in [0.3, 0.4) is 0 Å². The van der Waals surface area contributed by atoms with Gasteiger partial charge in [0.1, 0.15) is 5.69 Å². The molecular formula is C21H20N4O. The Morgan fingerprint density at radius 1 is 1.15 bits per heavy atom. The first kappa shape index (κ1) is 16.3. The maximum Gasteiger partial charge on any atom is 0.270 e. The van der Waals surface area contributed by atoms with Crippen LogP contribution in [0.4, 0.5) is 11.4 Å². The Bertz CT molecular complexity index is 909. The predicted molar refractivity (Wildman–Crippen MR) is 101 cm³/mol. The molecule has 0 bridgehead atoms. The largest absolute Gasteiger partial charge is 0.347 e. The fourth-order valence-corrected chi connectivity index (χ4v) is 3.40. The SMILES string of the molecule is CC1Cc2ccccc2N1c1ccc(C(=O)NCc2cccnc2)nc1. The van der Waals surface area contributed by atoms with Crippen molar-refractivity contribution in [3.63, 3.8) is 0 Å². The Labute approximate surface area is 152 Å². The van der Waals surface area contributed by atoms with Crippen LogP contribution in [0.5, 0.6) is 0 Å². The number of rotatable bonds is 4. The minimum absolute atomic E-state index is 0.185. The molecule has 5 heteroatoms. The summed E-state index contributed by atoms with van der Waals surface area (Å²) < 4.78 is 0. The highest BCUT2D eigenvalue weighted by Crippen LogP contribution is 2.37. The van der Waals surface area contributed by atoms with Gasteiger partial charge in [0.25, 0.3) is 5.91 Å². The Morgan fingerprint density at radius 3 is 2.81 bits per heavy atom. The van der Waals surface area contributed by atoms with E-state index in [0.29, 0.717) is 18.3 Å². The van der Waals surface area contributed by atoms with Crippen LogP contribution in [0.25, 0.3) is 0 Å². The lowest BCUT2D eigenvalue weighted by atomic mass is 10.1. The summed E-state index contributed by atoms with van der Waals surface area (Å²) in [7, 11) is 0. The number of nitrogens with zero attached hydrogens (tertiary/aromatic N) is 3. The van der Waals surface area contributed by atoms with Crippen molar-refractivity contribution in [3.8, 4) is 0 Å². The van der Waals surface area contributed by atoms with Gasteiger partial charge in [0, 0.05) is 30.7 Å². The van der Waals surface area contributed by atoms with Gasteiger partial charge in [0.05, 0.1) is 11.9 Å². The maximum absolute atomic E-state index is 12.3. The zero-order chi connectivity index (χ0) is 17.9. The Balaban J connectivity index is 1.48. The Kier molecular flexibility index (Phi) is 4.35. The van der Waals surface area contributed by atoms with E-state index in [9.17, 15) is 4.79 Å². The van der Waals surface area contributed by atoms with Gasteiger partial charge >= 0.3 is 0 Å². The predicted octanol–water partition coefficient (Wildman–Crippen LogP) is 3.49. The summed E-state index contributed by atoms with van der Waals surface area (Å²) in [5.74, 6) is -0.185. The molecule has 1 atom stereocenters. The van der Waals surface area contributed by atoms with Crippen LogP contribution in [0.15, 0.2) is 67.1 Å². The molecule has 5 nitrogen and oxygen atoms in total. The Morgan fingerprint density at radius 2 is 2.04 bits per heavy atom. The van der Waals surface area contributed by atoms with Gasteiger partial charge in [0.2, 0.25) is 0 Å². The zero-order valence-corrected chi connectivity index (χ0v) is 14.6. The molecule has 2 aromatic heterocycles. The fourth-order valence-electron chi connectivity index (χ4n) is 3.40. The van der Waals surface area contributed by atoms with Crippen molar-refractivity contribution in [1.29, 1.82) is 0 Å². The van der Waals surface area contributed by atoms with Crippen molar-refractivity contribution in [3.05, 3.63) is 83.9 Å². The monoisotopic (exact) mass is 344 g/mol. The van der Waals surface area contributed by atoms with Crippen LogP contribution < -0.4 is 10.2 Å². The molecule has 0 radical (unpaired) electrons. The van der Waals surface area contributed by atoms with E-state index in [1.165, 1.54) is 11.3 Å².